The normalized spacial score (nSPS) is 3.12. The van der Waals surface area contributed by atoms with Crippen molar-refractivity contribution in [3.8, 4) is 0 Å². The van der Waals surface area contributed by atoms with Gasteiger partial charge in [-0.2, -0.15) is 0 Å². The summed E-state index contributed by atoms with van der Waals surface area (Å²) in [4.78, 5) is 17.8. The molecular formula is C4H20O11Zn. The van der Waals surface area contributed by atoms with Gasteiger partial charge in [0.15, 0.2) is 0 Å². The van der Waals surface area contributed by atoms with E-state index >= 15 is 0 Å². The molecule has 0 fully saturated rings. The van der Waals surface area contributed by atoms with Gasteiger partial charge >= 0.3 is 19.5 Å². The maximum absolute atomic E-state index is 8.89. The smallest absolute Gasteiger partial charge is 0.550 e. The molecule has 0 saturated heterocycles. The average Bonchev–Trinajstić information content (AvgIpc) is 1.25. The van der Waals surface area contributed by atoms with E-state index < -0.39 is 11.9 Å². The zero-order chi connectivity index (χ0) is 7.15. The van der Waals surface area contributed by atoms with E-state index in [1.165, 1.54) is 0 Å². The molecule has 14 N–H and O–H groups in total. The Bertz CT molecular complexity index is 76.0. The van der Waals surface area contributed by atoms with Crippen LogP contribution in [0.15, 0.2) is 0 Å². The second-order valence-corrected chi connectivity index (χ2v) is 0.983. The number of rotatable bonds is 0. The zero-order valence-corrected chi connectivity index (χ0v) is 11.8. The number of carbonyl (C=O) groups excluding carboxylic acids is 2. The van der Waals surface area contributed by atoms with Crippen molar-refractivity contribution in [2.24, 2.45) is 0 Å². The summed E-state index contributed by atoms with van der Waals surface area (Å²) in [7, 11) is 0. The molecular weight excluding hydrogens is 289 g/mol. The summed E-state index contributed by atoms with van der Waals surface area (Å²) in [6, 6.07) is 0. The molecule has 0 heterocycles. The summed E-state index contributed by atoms with van der Waals surface area (Å²) in [5.74, 6) is -2.17. The standard InChI is InChI=1S/2C2H4O2.7H2O.Zn/c2*1-2(3)4;;;;;;;;/h2*1H3,(H,3,4);7*1H2;/q;;;;;;;;;+2/p-2. The van der Waals surface area contributed by atoms with Crippen molar-refractivity contribution in [1.29, 1.82) is 0 Å². The molecule has 0 bridgehead atoms. The van der Waals surface area contributed by atoms with Gasteiger partial charge in [0, 0.05) is 11.9 Å². The maximum Gasteiger partial charge on any atom is 2.00 e. The van der Waals surface area contributed by atoms with E-state index in [2.05, 4.69) is 0 Å². The quantitative estimate of drug-likeness (QED) is 0.393. The number of aliphatic carboxylic acids is 2. The molecule has 0 aliphatic heterocycles. The van der Waals surface area contributed by atoms with Crippen LogP contribution in [0.1, 0.15) is 13.8 Å². The van der Waals surface area contributed by atoms with Gasteiger partial charge in [-0.25, -0.2) is 0 Å². The fraction of sp³-hybridized carbons (Fsp3) is 0.500. The summed E-state index contributed by atoms with van der Waals surface area (Å²) < 4.78 is 0. The van der Waals surface area contributed by atoms with Crippen LogP contribution in [0, 0.1) is 0 Å². The van der Waals surface area contributed by atoms with Crippen molar-refractivity contribution in [2.75, 3.05) is 0 Å². The van der Waals surface area contributed by atoms with E-state index in [0.717, 1.165) is 13.8 Å². The van der Waals surface area contributed by atoms with Crippen molar-refractivity contribution in [3.05, 3.63) is 0 Å². The molecule has 11 nitrogen and oxygen atoms in total. The Morgan fingerprint density at radius 1 is 0.625 bits per heavy atom. The van der Waals surface area contributed by atoms with Crippen LogP contribution in [0.4, 0.5) is 0 Å². The number of carboxylic acids is 2. The van der Waals surface area contributed by atoms with Gasteiger partial charge in [-0.3, -0.25) is 0 Å². The first-order valence-corrected chi connectivity index (χ1v) is 1.82. The minimum atomic E-state index is -1.08. The second kappa shape index (κ2) is 90.3. The molecule has 0 aromatic rings. The van der Waals surface area contributed by atoms with E-state index in [1.807, 2.05) is 0 Å². The molecule has 0 amide bonds. The fourth-order valence-electron chi connectivity index (χ4n) is 0. The molecule has 0 aromatic carbocycles. The molecule has 0 spiro atoms. The van der Waals surface area contributed by atoms with E-state index in [0.29, 0.717) is 0 Å². The largest absolute Gasteiger partial charge is 2.00 e. The van der Waals surface area contributed by atoms with Crippen molar-refractivity contribution >= 4 is 11.9 Å². The fourth-order valence-corrected chi connectivity index (χ4v) is 0. The van der Waals surface area contributed by atoms with Crippen LogP contribution < -0.4 is 10.2 Å². The summed E-state index contributed by atoms with van der Waals surface area (Å²) in [6.45, 7) is 1.94. The van der Waals surface area contributed by atoms with Crippen molar-refractivity contribution in [3.63, 3.8) is 0 Å². The Hall–Kier alpha value is -0.717. The summed E-state index contributed by atoms with van der Waals surface area (Å²) in [5.41, 5.74) is 0. The molecule has 0 radical (unpaired) electrons. The third kappa shape index (κ3) is 3900. The van der Waals surface area contributed by atoms with Gasteiger partial charge in [0.2, 0.25) is 0 Å². The van der Waals surface area contributed by atoms with E-state index in [1.54, 1.807) is 0 Å². The van der Waals surface area contributed by atoms with Crippen LogP contribution in [0.2, 0.25) is 0 Å². The number of hydrogen-bond acceptors (Lipinski definition) is 4. The Kier molecular flexibility index (Phi) is 630. The third-order valence-corrected chi connectivity index (χ3v) is 0. The van der Waals surface area contributed by atoms with Gasteiger partial charge < -0.3 is 58.1 Å². The van der Waals surface area contributed by atoms with Gasteiger partial charge in [0.1, 0.15) is 0 Å². The molecule has 12 heteroatoms. The number of hydrogen-bond donors (Lipinski definition) is 0. The molecule has 0 atom stereocenters. The van der Waals surface area contributed by atoms with Gasteiger partial charge in [0.25, 0.3) is 0 Å². The van der Waals surface area contributed by atoms with Crippen LogP contribution in [0.25, 0.3) is 0 Å². The van der Waals surface area contributed by atoms with E-state index in [9.17, 15) is 0 Å². The Balaban J connectivity index is -0.00000000375. The maximum atomic E-state index is 8.89. The summed E-state index contributed by atoms with van der Waals surface area (Å²) in [6.07, 6.45) is 0. The summed E-state index contributed by atoms with van der Waals surface area (Å²) >= 11 is 0. The number of carboxylic acid groups (broad SMARTS) is 2. The van der Waals surface area contributed by atoms with Crippen molar-refractivity contribution in [2.45, 2.75) is 13.8 Å². The van der Waals surface area contributed by atoms with Crippen molar-refractivity contribution in [1.82, 2.24) is 0 Å². The molecule has 0 aromatic heterocycles. The third-order valence-electron chi connectivity index (χ3n) is 0. The minimum absolute atomic E-state index is 0. The average molecular weight is 310 g/mol. The van der Waals surface area contributed by atoms with E-state index in [-0.39, 0.29) is 57.8 Å². The summed E-state index contributed by atoms with van der Waals surface area (Å²) in [5, 5.41) is 17.8. The van der Waals surface area contributed by atoms with Gasteiger partial charge in [-0.15, -0.1) is 0 Å². The van der Waals surface area contributed by atoms with E-state index in [4.69, 9.17) is 19.8 Å². The molecule has 0 saturated carbocycles. The Morgan fingerprint density at radius 3 is 0.625 bits per heavy atom. The molecule has 0 rings (SSSR count). The first kappa shape index (κ1) is 112. The zero-order valence-electron chi connectivity index (χ0n) is 8.84. The van der Waals surface area contributed by atoms with Crippen molar-refractivity contribution < 1.29 is 77.6 Å². The van der Waals surface area contributed by atoms with Crippen LogP contribution in [0.3, 0.4) is 0 Å². The second-order valence-electron chi connectivity index (χ2n) is 0.983. The Morgan fingerprint density at radius 2 is 0.625 bits per heavy atom. The minimum Gasteiger partial charge on any atom is -0.550 e. The first-order chi connectivity index (χ1) is 3.46. The topological polar surface area (TPSA) is 301 Å². The molecule has 0 aliphatic rings. The monoisotopic (exact) mass is 308 g/mol. The Labute approximate surface area is 104 Å². The SMILES string of the molecule is CC(=O)[O-].CC(=O)[O-].O.O.O.O.O.O.O.[Zn+2]. The number of carbonyl (C=O) groups is 2. The van der Waals surface area contributed by atoms with Gasteiger partial charge in [0.05, 0.1) is 0 Å². The molecule has 0 unspecified atom stereocenters. The molecule has 104 valence electrons. The predicted molar refractivity (Wildman–Crippen MR) is 46.7 cm³/mol. The molecule has 16 heavy (non-hydrogen) atoms. The first-order valence-electron chi connectivity index (χ1n) is 1.82. The predicted octanol–water partition coefficient (Wildman–Crippen LogP) is -8.26. The molecule has 0 aliphatic carbocycles. The van der Waals surface area contributed by atoms with Crippen LogP contribution in [-0.2, 0) is 29.1 Å². The van der Waals surface area contributed by atoms with Crippen LogP contribution >= 0.6 is 0 Å². The van der Waals surface area contributed by atoms with Crippen LogP contribution in [-0.4, -0.2) is 50.3 Å². The van der Waals surface area contributed by atoms with Gasteiger partial charge in [-0.05, 0) is 13.8 Å². The van der Waals surface area contributed by atoms with Crippen LogP contribution in [0.5, 0.6) is 0 Å². The van der Waals surface area contributed by atoms with Gasteiger partial charge in [-0.1, -0.05) is 0 Å².